The fourth-order valence-corrected chi connectivity index (χ4v) is 1.12. The molecular formula is C7H14N2O. The third-order valence-corrected chi connectivity index (χ3v) is 2.10. The van der Waals surface area contributed by atoms with E-state index < -0.39 is 0 Å². The number of nitrogens with zero attached hydrogens (tertiary/aromatic N) is 1. The number of allylic oxidation sites excluding steroid dienone is 2. The van der Waals surface area contributed by atoms with E-state index in [9.17, 15) is 0 Å². The molecule has 0 aromatic heterocycles. The van der Waals surface area contributed by atoms with Crippen LogP contribution in [0.3, 0.4) is 0 Å². The van der Waals surface area contributed by atoms with Gasteiger partial charge in [-0.1, -0.05) is 0 Å². The summed E-state index contributed by atoms with van der Waals surface area (Å²) in [6.45, 7) is 4.21. The molecule has 1 unspecified atom stereocenters. The van der Waals surface area contributed by atoms with Gasteiger partial charge in [-0.3, -0.25) is 0 Å². The van der Waals surface area contributed by atoms with Gasteiger partial charge >= 0.3 is 0 Å². The normalized spacial score (nSPS) is 25.6. The molecule has 0 saturated heterocycles. The molecule has 0 spiro atoms. The van der Waals surface area contributed by atoms with Gasteiger partial charge < -0.3 is 15.3 Å². The molecule has 0 fully saturated rings. The van der Waals surface area contributed by atoms with Gasteiger partial charge in [0.05, 0.1) is 6.61 Å². The quantitative estimate of drug-likeness (QED) is 0.544. The number of rotatable bonds is 1. The Kier molecular flexibility index (Phi) is 1.85. The van der Waals surface area contributed by atoms with Crippen LogP contribution in [0.5, 0.6) is 0 Å². The second kappa shape index (κ2) is 2.50. The predicted molar refractivity (Wildman–Crippen MR) is 40.1 cm³/mol. The summed E-state index contributed by atoms with van der Waals surface area (Å²) in [5.74, 6) is 0. The molecule has 1 aliphatic heterocycles. The van der Waals surface area contributed by atoms with Crippen molar-refractivity contribution in [3.05, 3.63) is 11.4 Å². The Morgan fingerprint density at radius 3 is 2.40 bits per heavy atom. The van der Waals surface area contributed by atoms with E-state index in [4.69, 9.17) is 5.11 Å². The summed E-state index contributed by atoms with van der Waals surface area (Å²) < 4.78 is 0. The molecule has 3 nitrogen and oxygen atoms in total. The first-order valence-electron chi connectivity index (χ1n) is 3.44. The van der Waals surface area contributed by atoms with Crippen molar-refractivity contribution in [2.24, 2.45) is 0 Å². The van der Waals surface area contributed by atoms with Crippen molar-refractivity contribution >= 4 is 0 Å². The number of hydrogen-bond donors (Lipinski definition) is 2. The van der Waals surface area contributed by atoms with Crippen LogP contribution in [-0.4, -0.2) is 29.8 Å². The molecule has 0 amide bonds. The topological polar surface area (TPSA) is 35.5 Å². The van der Waals surface area contributed by atoms with E-state index in [0.29, 0.717) is 0 Å². The van der Waals surface area contributed by atoms with Crippen molar-refractivity contribution in [1.82, 2.24) is 10.2 Å². The van der Waals surface area contributed by atoms with E-state index in [2.05, 4.69) is 5.32 Å². The lowest BCUT2D eigenvalue weighted by molar-refractivity contribution is 0.174. The zero-order valence-electron chi connectivity index (χ0n) is 6.68. The number of hydrogen-bond acceptors (Lipinski definition) is 3. The number of aliphatic hydroxyl groups is 1. The lowest BCUT2D eigenvalue weighted by Crippen LogP contribution is -2.37. The Bertz CT molecular complexity index is 165. The van der Waals surface area contributed by atoms with E-state index in [0.717, 1.165) is 5.70 Å². The Morgan fingerprint density at radius 2 is 2.20 bits per heavy atom. The number of nitrogens with one attached hydrogen (secondary N) is 1. The highest BCUT2D eigenvalue weighted by atomic mass is 16.3. The van der Waals surface area contributed by atoms with Gasteiger partial charge in [0.1, 0.15) is 6.17 Å². The molecule has 0 aliphatic carbocycles. The minimum atomic E-state index is 0.0833. The van der Waals surface area contributed by atoms with Crippen molar-refractivity contribution in [2.45, 2.75) is 20.0 Å². The van der Waals surface area contributed by atoms with Crippen LogP contribution in [0.1, 0.15) is 13.8 Å². The average Bonchev–Trinajstić information content (AvgIpc) is 2.17. The molecule has 0 aromatic carbocycles. The van der Waals surface area contributed by atoms with Crippen LogP contribution in [0, 0.1) is 0 Å². The molecule has 3 heteroatoms. The predicted octanol–water partition coefficient (Wildman–Crippen LogP) is 0.0912. The molecule has 58 valence electrons. The SMILES string of the molecule is CC1=C(C)N(C)C(CO)N1. The molecule has 10 heavy (non-hydrogen) atoms. The number of aliphatic hydroxyl groups excluding tert-OH is 1. The third-order valence-electron chi connectivity index (χ3n) is 2.10. The maximum Gasteiger partial charge on any atom is 0.122 e. The first-order valence-corrected chi connectivity index (χ1v) is 3.44. The van der Waals surface area contributed by atoms with Crippen LogP contribution in [0.15, 0.2) is 11.4 Å². The van der Waals surface area contributed by atoms with E-state index in [1.54, 1.807) is 0 Å². The van der Waals surface area contributed by atoms with Gasteiger partial charge in [0, 0.05) is 18.4 Å². The Balaban J connectivity index is 2.67. The van der Waals surface area contributed by atoms with Gasteiger partial charge in [0.15, 0.2) is 0 Å². The molecule has 1 heterocycles. The lowest BCUT2D eigenvalue weighted by atomic mass is 10.4. The summed E-state index contributed by atoms with van der Waals surface area (Å²) >= 11 is 0. The van der Waals surface area contributed by atoms with Crippen LogP contribution in [0.2, 0.25) is 0 Å². The molecule has 0 saturated carbocycles. The number of likely N-dealkylation sites (N-methyl/N-ethyl adjacent to an activating group) is 1. The van der Waals surface area contributed by atoms with Gasteiger partial charge in [-0.25, -0.2) is 0 Å². The van der Waals surface area contributed by atoms with Crippen molar-refractivity contribution < 1.29 is 5.11 Å². The maximum atomic E-state index is 8.84. The molecule has 1 atom stereocenters. The molecular weight excluding hydrogens is 128 g/mol. The van der Waals surface area contributed by atoms with Crippen LogP contribution in [0.4, 0.5) is 0 Å². The van der Waals surface area contributed by atoms with E-state index >= 15 is 0 Å². The van der Waals surface area contributed by atoms with Gasteiger partial charge in [0.25, 0.3) is 0 Å². The third kappa shape index (κ3) is 0.968. The maximum absolute atomic E-state index is 8.84. The summed E-state index contributed by atoms with van der Waals surface area (Å²) in [5, 5.41) is 12.0. The molecule has 0 aromatic rings. The van der Waals surface area contributed by atoms with E-state index in [1.165, 1.54) is 5.70 Å². The van der Waals surface area contributed by atoms with Crippen LogP contribution >= 0.6 is 0 Å². The molecule has 0 bridgehead atoms. The zero-order valence-corrected chi connectivity index (χ0v) is 6.68. The highest BCUT2D eigenvalue weighted by Crippen LogP contribution is 2.15. The second-order valence-electron chi connectivity index (χ2n) is 2.66. The van der Waals surface area contributed by atoms with Crippen molar-refractivity contribution in [1.29, 1.82) is 0 Å². The molecule has 1 aliphatic rings. The molecule has 0 radical (unpaired) electrons. The summed E-state index contributed by atoms with van der Waals surface area (Å²) in [4.78, 5) is 2.04. The summed E-state index contributed by atoms with van der Waals surface area (Å²) in [5.41, 5.74) is 2.36. The summed E-state index contributed by atoms with van der Waals surface area (Å²) in [6.07, 6.45) is 0.0833. The largest absolute Gasteiger partial charge is 0.392 e. The first-order chi connectivity index (χ1) is 4.66. The van der Waals surface area contributed by atoms with Gasteiger partial charge in [-0.15, -0.1) is 0 Å². The standard InChI is InChI=1S/C7H14N2O/c1-5-6(2)9(3)7(4-10)8-5/h7-8,10H,4H2,1-3H3. The van der Waals surface area contributed by atoms with Crippen molar-refractivity contribution in [3.8, 4) is 0 Å². The smallest absolute Gasteiger partial charge is 0.122 e. The zero-order chi connectivity index (χ0) is 7.72. The molecule has 2 N–H and O–H groups in total. The van der Waals surface area contributed by atoms with Crippen LogP contribution in [-0.2, 0) is 0 Å². The minimum absolute atomic E-state index is 0.0833. The lowest BCUT2D eigenvalue weighted by Gasteiger charge is -2.20. The summed E-state index contributed by atoms with van der Waals surface area (Å²) in [7, 11) is 1.97. The first kappa shape index (κ1) is 7.41. The van der Waals surface area contributed by atoms with Gasteiger partial charge in [-0.05, 0) is 13.8 Å². The highest BCUT2D eigenvalue weighted by molar-refractivity contribution is 5.14. The summed E-state index contributed by atoms with van der Waals surface area (Å²) in [6, 6.07) is 0. The fourth-order valence-electron chi connectivity index (χ4n) is 1.12. The Hall–Kier alpha value is -0.700. The Labute approximate surface area is 61.3 Å². The van der Waals surface area contributed by atoms with Crippen molar-refractivity contribution in [2.75, 3.05) is 13.7 Å². The fraction of sp³-hybridized carbons (Fsp3) is 0.714. The van der Waals surface area contributed by atoms with Crippen LogP contribution in [0.25, 0.3) is 0 Å². The second-order valence-corrected chi connectivity index (χ2v) is 2.66. The van der Waals surface area contributed by atoms with Gasteiger partial charge in [-0.2, -0.15) is 0 Å². The van der Waals surface area contributed by atoms with Crippen LogP contribution < -0.4 is 5.32 Å². The Morgan fingerprint density at radius 1 is 1.60 bits per heavy atom. The van der Waals surface area contributed by atoms with Gasteiger partial charge in [0.2, 0.25) is 0 Å². The highest BCUT2D eigenvalue weighted by Gasteiger charge is 2.21. The minimum Gasteiger partial charge on any atom is -0.392 e. The molecule has 1 rings (SSSR count). The van der Waals surface area contributed by atoms with Crippen molar-refractivity contribution in [3.63, 3.8) is 0 Å². The monoisotopic (exact) mass is 142 g/mol. The van der Waals surface area contributed by atoms with E-state index in [-0.39, 0.29) is 12.8 Å². The average molecular weight is 142 g/mol. The van der Waals surface area contributed by atoms with E-state index in [1.807, 2.05) is 25.8 Å².